The molecule has 0 aliphatic carbocycles. The second-order valence-corrected chi connectivity index (χ2v) is 11.3. The number of aryl methyl sites for hydroxylation is 2. The van der Waals surface area contributed by atoms with E-state index >= 15 is 0 Å². The Morgan fingerprint density at radius 1 is 0.629 bits per heavy atom. The molecule has 0 unspecified atom stereocenters. The van der Waals surface area contributed by atoms with Crippen LogP contribution in [0.3, 0.4) is 0 Å². The standard InChI is InChI=1S/C30H48O3S.Na/c1-3-5-7-9-11-13-15-17-19-26-21-24-29-28(25-26)23-22-27(30(29)34(31,32)33)20-18-16-14-12-10-8-6-4-2;/h21-25H,3-20H2,1-2H3,(H,31,32,33);/q;+1/p-1. The molecule has 0 aliphatic heterocycles. The minimum atomic E-state index is -4.51. The second-order valence-electron chi connectivity index (χ2n) is 10.0. The zero-order valence-electron chi connectivity index (χ0n) is 22.7. The first kappa shape index (κ1) is 32.6. The van der Waals surface area contributed by atoms with Crippen LogP contribution in [0.2, 0.25) is 0 Å². The molecular weight excluding hydrogens is 463 g/mol. The van der Waals surface area contributed by atoms with E-state index in [4.69, 9.17) is 0 Å². The summed E-state index contributed by atoms with van der Waals surface area (Å²) < 4.78 is 36.5. The molecule has 5 heteroatoms. The van der Waals surface area contributed by atoms with E-state index in [1.54, 1.807) is 0 Å². The third-order valence-electron chi connectivity index (χ3n) is 6.99. The van der Waals surface area contributed by atoms with Crippen molar-refractivity contribution < 1.29 is 42.5 Å². The SMILES string of the molecule is CCCCCCCCCCc1ccc2c(S(=O)(=O)[O-])c(CCCCCCCCCC)ccc2c1.[Na+]. The first-order chi connectivity index (χ1) is 16.5. The van der Waals surface area contributed by atoms with Crippen molar-refractivity contribution in [1.29, 1.82) is 0 Å². The monoisotopic (exact) mass is 510 g/mol. The summed E-state index contributed by atoms with van der Waals surface area (Å²) in [6.07, 6.45) is 21.6. The van der Waals surface area contributed by atoms with Crippen LogP contribution in [0.4, 0.5) is 0 Å². The van der Waals surface area contributed by atoms with E-state index in [0.717, 1.165) is 31.1 Å². The average molecular weight is 511 g/mol. The Morgan fingerprint density at radius 2 is 1.11 bits per heavy atom. The van der Waals surface area contributed by atoms with Gasteiger partial charge < -0.3 is 4.55 Å². The van der Waals surface area contributed by atoms with E-state index in [1.165, 1.54) is 89.0 Å². The van der Waals surface area contributed by atoms with Crippen LogP contribution >= 0.6 is 0 Å². The van der Waals surface area contributed by atoms with Gasteiger partial charge in [-0.1, -0.05) is 134 Å². The molecule has 3 nitrogen and oxygen atoms in total. The van der Waals surface area contributed by atoms with Crippen LogP contribution in [0.15, 0.2) is 35.2 Å². The van der Waals surface area contributed by atoms with E-state index < -0.39 is 10.1 Å². The molecule has 0 bridgehead atoms. The molecule has 0 aromatic heterocycles. The summed E-state index contributed by atoms with van der Waals surface area (Å²) in [6.45, 7) is 4.47. The molecule has 0 amide bonds. The fourth-order valence-electron chi connectivity index (χ4n) is 4.96. The smallest absolute Gasteiger partial charge is 0.744 e. The molecular formula is C30H47NaO3S. The predicted octanol–water partition coefficient (Wildman–Crippen LogP) is 6.11. The molecule has 35 heavy (non-hydrogen) atoms. The van der Waals surface area contributed by atoms with Gasteiger partial charge in [0.05, 0.1) is 4.90 Å². The molecule has 2 aromatic rings. The Bertz CT molecular complexity index is 940. The van der Waals surface area contributed by atoms with Crippen LogP contribution in [0, 0.1) is 0 Å². The van der Waals surface area contributed by atoms with E-state index in [9.17, 15) is 13.0 Å². The van der Waals surface area contributed by atoms with Gasteiger partial charge in [-0.05, 0) is 47.6 Å². The quantitative estimate of drug-likeness (QED) is 0.130. The fraction of sp³-hybridized carbons (Fsp3) is 0.667. The summed E-state index contributed by atoms with van der Waals surface area (Å²) in [5.74, 6) is 0. The predicted molar refractivity (Wildman–Crippen MR) is 145 cm³/mol. The molecule has 0 fully saturated rings. The Kier molecular flexibility index (Phi) is 17.5. The van der Waals surface area contributed by atoms with Crippen molar-refractivity contribution in [1.82, 2.24) is 0 Å². The summed E-state index contributed by atoms with van der Waals surface area (Å²) in [6, 6.07) is 9.82. The maximum atomic E-state index is 12.2. The molecule has 0 heterocycles. The Hall–Kier alpha value is -0.390. The Labute approximate surface area is 237 Å². The number of fused-ring (bicyclic) bond motifs is 1. The summed E-state index contributed by atoms with van der Waals surface area (Å²) in [7, 11) is -4.51. The molecule has 0 saturated carbocycles. The van der Waals surface area contributed by atoms with E-state index in [1.807, 2.05) is 24.3 Å². The van der Waals surface area contributed by atoms with Crippen LogP contribution in [0.5, 0.6) is 0 Å². The Morgan fingerprint density at radius 3 is 1.63 bits per heavy atom. The zero-order valence-corrected chi connectivity index (χ0v) is 25.6. The van der Waals surface area contributed by atoms with Gasteiger partial charge >= 0.3 is 29.6 Å². The van der Waals surface area contributed by atoms with Gasteiger partial charge in [-0.25, -0.2) is 8.42 Å². The third kappa shape index (κ3) is 12.6. The summed E-state index contributed by atoms with van der Waals surface area (Å²) in [4.78, 5) is 0.00609. The van der Waals surface area contributed by atoms with Crippen LogP contribution in [-0.4, -0.2) is 13.0 Å². The number of rotatable bonds is 19. The molecule has 2 aromatic carbocycles. The van der Waals surface area contributed by atoms with Gasteiger partial charge in [0, 0.05) is 0 Å². The molecule has 0 radical (unpaired) electrons. The summed E-state index contributed by atoms with van der Waals surface area (Å²) >= 11 is 0. The molecule has 2 rings (SSSR count). The van der Waals surface area contributed by atoms with Gasteiger partial charge in [-0.3, -0.25) is 0 Å². The van der Waals surface area contributed by atoms with Gasteiger partial charge in [0.2, 0.25) is 0 Å². The first-order valence-corrected chi connectivity index (χ1v) is 15.4. The number of benzene rings is 2. The average Bonchev–Trinajstić information content (AvgIpc) is 2.81. The second kappa shape index (κ2) is 18.8. The summed E-state index contributed by atoms with van der Waals surface area (Å²) in [5, 5.41) is 1.46. The minimum Gasteiger partial charge on any atom is -0.744 e. The van der Waals surface area contributed by atoms with Gasteiger partial charge in [0.1, 0.15) is 10.1 Å². The van der Waals surface area contributed by atoms with Crippen molar-refractivity contribution in [3.8, 4) is 0 Å². The molecule has 0 N–H and O–H groups in total. The van der Waals surface area contributed by atoms with Crippen molar-refractivity contribution in [3.05, 3.63) is 41.5 Å². The minimum absolute atomic E-state index is 0. The largest absolute Gasteiger partial charge is 1.00 e. The van der Waals surface area contributed by atoms with Gasteiger partial charge in [0.15, 0.2) is 0 Å². The fourth-order valence-corrected chi connectivity index (χ4v) is 5.90. The molecule has 0 saturated heterocycles. The van der Waals surface area contributed by atoms with Crippen LogP contribution < -0.4 is 29.6 Å². The normalized spacial score (nSPS) is 11.6. The maximum absolute atomic E-state index is 12.2. The van der Waals surface area contributed by atoms with Crippen molar-refractivity contribution >= 4 is 20.9 Å². The maximum Gasteiger partial charge on any atom is 1.00 e. The number of unbranched alkanes of at least 4 members (excludes halogenated alkanes) is 14. The topological polar surface area (TPSA) is 57.2 Å². The van der Waals surface area contributed by atoms with E-state index in [-0.39, 0.29) is 34.5 Å². The van der Waals surface area contributed by atoms with Gasteiger partial charge in [0.25, 0.3) is 0 Å². The van der Waals surface area contributed by atoms with Crippen molar-refractivity contribution in [2.45, 2.75) is 134 Å². The Balaban J connectivity index is 0.00000612. The third-order valence-corrected chi connectivity index (χ3v) is 7.97. The molecule has 0 atom stereocenters. The molecule has 192 valence electrons. The van der Waals surface area contributed by atoms with Crippen LogP contribution in [0.1, 0.15) is 128 Å². The van der Waals surface area contributed by atoms with E-state index in [0.29, 0.717) is 17.4 Å². The van der Waals surface area contributed by atoms with Gasteiger partial charge in [-0.2, -0.15) is 0 Å². The van der Waals surface area contributed by atoms with Crippen LogP contribution in [0.25, 0.3) is 10.8 Å². The van der Waals surface area contributed by atoms with E-state index in [2.05, 4.69) is 19.9 Å². The zero-order chi connectivity index (χ0) is 24.7. The van der Waals surface area contributed by atoms with Gasteiger partial charge in [-0.15, -0.1) is 0 Å². The summed E-state index contributed by atoms with van der Waals surface area (Å²) in [5.41, 5.74) is 1.91. The van der Waals surface area contributed by atoms with Crippen molar-refractivity contribution in [3.63, 3.8) is 0 Å². The number of hydrogen-bond donors (Lipinski definition) is 0. The molecule has 0 aliphatic rings. The van der Waals surface area contributed by atoms with Crippen LogP contribution in [-0.2, 0) is 23.0 Å². The van der Waals surface area contributed by atoms with Crippen molar-refractivity contribution in [2.75, 3.05) is 0 Å². The first-order valence-electron chi connectivity index (χ1n) is 14.0. The number of hydrogen-bond acceptors (Lipinski definition) is 3. The van der Waals surface area contributed by atoms with Crippen molar-refractivity contribution in [2.24, 2.45) is 0 Å². The molecule has 0 spiro atoms.